The van der Waals surface area contributed by atoms with Crippen LogP contribution in [0, 0.1) is 0 Å². The number of para-hydroxylation sites is 1. The molecule has 29 heavy (non-hydrogen) atoms. The number of anilines is 1. The lowest BCUT2D eigenvalue weighted by molar-refractivity contribution is 0.0947. The zero-order valence-corrected chi connectivity index (χ0v) is 16.4. The molecule has 1 N–H and O–H groups in total. The molecule has 3 aromatic rings. The summed E-state index contributed by atoms with van der Waals surface area (Å²) in [6, 6.07) is 12.6. The summed E-state index contributed by atoms with van der Waals surface area (Å²) in [6.45, 7) is 4.36. The van der Waals surface area contributed by atoms with Gasteiger partial charge in [0.2, 0.25) is 0 Å². The summed E-state index contributed by atoms with van der Waals surface area (Å²) in [5.41, 5.74) is 0.704. The quantitative estimate of drug-likeness (QED) is 0.686. The first-order valence-corrected chi connectivity index (χ1v) is 9.80. The molecule has 0 spiro atoms. The summed E-state index contributed by atoms with van der Waals surface area (Å²) < 4.78 is 5.23. The molecule has 7 heteroatoms. The SMILES string of the molecule is CN1CCCN(c2ccc(CNC(=O)c3cc4ccccc4oc3=O)cn2)CC1. The summed E-state index contributed by atoms with van der Waals surface area (Å²) >= 11 is 0. The number of aromatic nitrogens is 1. The van der Waals surface area contributed by atoms with Gasteiger partial charge in [-0.2, -0.15) is 0 Å². The minimum Gasteiger partial charge on any atom is -0.422 e. The summed E-state index contributed by atoms with van der Waals surface area (Å²) in [6.07, 6.45) is 2.89. The van der Waals surface area contributed by atoms with E-state index in [2.05, 4.69) is 27.1 Å². The van der Waals surface area contributed by atoms with E-state index in [-0.39, 0.29) is 5.56 Å². The molecule has 1 amide bonds. The Balaban J connectivity index is 1.41. The van der Waals surface area contributed by atoms with Crippen molar-refractivity contribution in [2.24, 2.45) is 0 Å². The van der Waals surface area contributed by atoms with E-state index in [4.69, 9.17) is 4.42 Å². The number of nitrogens with zero attached hydrogens (tertiary/aromatic N) is 3. The Hall–Kier alpha value is -3.19. The van der Waals surface area contributed by atoms with Crippen LogP contribution in [0.15, 0.2) is 57.9 Å². The molecule has 2 aromatic heterocycles. The Morgan fingerprint density at radius 3 is 2.83 bits per heavy atom. The second-order valence-electron chi connectivity index (χ2n) is 7.34. The molecule has 0 unspecified atom stereocenters. The topological polar surface area (TPSA) is 78.7 Å². The Morgan fingerprint density at radius 2 is 2.00 bits per heavy atom. The Bertz CT molecular complexity index is 1060. The summed E-state index contributed by atoms with van der Waals surface area (Å²) in [4.78, 5) is 33.7. The minimum atomic E-state index is -0.638. The third-order valence-electron chi connectivity index (χ3n) is 5.19. The molecule has 4 rings (SSSR count). The first-order chi connectivity index (χ1) is 14.1. The van der Waals surface area contributed by atoms with Gasteiger partial charge >= 0.3 is 5.63 Å². The standard InChI is InChI=1S/C22H24N4O3/c1-25-9-4-10-26(12-11-25)20-8-7-16(14-23-20)15-24-21(27)18-13-17-5-2-3-6-19(17)29-22(18)28/h2-3,5-8,13-14H,4,9-12,15H2,1H3,(H,24,27). The van der Waals surface area contributed by atoms with Crippen LogP contribution in [-0.2, 0) is 6.54 Å². The van der Waals surface area contributed by atoms with Crippen LogP contribution in [0.1, 0.15) is 22.3 Å². The second kappa shape index (κ2) is 8.45. The molecule has 0 saturated carbocycles. The number of carbonyl (C=O) groups is 1. The summed E-state index contributed by atoms with van der Waals surface area (Å²) in [5.74, 6) is 0.495. The van der Waals surface area contributed by atoms with Gasteiger partial charge in [0.05, 0.1) is 0 Å². The van der Waals surface area contributed by atoms with Crippen LogP contribution in [0.3, 0.4) is 0 Å². The van der Waals surface area contributed by atoms with Crippen molar-refractivity contribution >= 4 is 22.7 Å². The molecule has 1 aromatic carbocycles. The number of likely N-dealkylation sites (N-methyl/N-ethyl adjacent to an activating group) is 1. The van der Waals surface area contributed by atoms with Crippen molar-refractivity contribution in [3.63, 3.8) is 0 Å². The maximum Gasteiger partial charge on any atom is 0.349 e. The van der Waals surface area contributed by atoms with Crippen molar-refractivity contribution in [3.8, 4) is 0 Å². The maximum atomic E-state index is 12.5. The molecule has 0 radical (unpaired) electrons. The summed E-state index contributed by atoms with van der Waals surface area (Å²) in [5, 5.41) is 3.49. The number of pyridine rings is 1. The van der Waals surface area contributed by atoms with Gasteiger partial charge in [0, 0.05) is 37.8 Å². The highest BCUT2D eigenvalue weighted by Crippen LogP contribution is 2.15. The van der Waals surface area contributed by atoms with Crippen LogP contribution in [0.2, 0.25) is 0 Å². The fourth-order valence-corrected chi connectivity index (χ4v) is 3.48. The third-order valence-corrected chi connectivity index (χ3v) is 5.19. The van der Waals surface area contributed by atoms with E-state index in [0.29, 0.717) is 17.5 Å². The zero-order chi connectivity index (χ0) is 20.2. The fourth-order valence-electron chi connectivity index (χ4n) is 3.48. The molecule has 7 nitrogen and oxygen atoms in total. The Morgan fingerprint density at radius 1 is 1.14 bits per heavy atom. The molecule has 0 aliphatic carbocycles. The fraction of sp³-hybridized carbons (Fsp3) is 0.318. The van der Waals surface area contributed by atoms with Crippen molar-refractivity contribution in [1.82, 2.24) is 15.2 Å². The van der Waals surface area contributed by atoms with Gasteiger partial charge in [-0.1, -0.05) is 24.3 Å². The lowest BCUT2D eigenvalue weighted by Gasteiger charge is -2.21. The highest BCUT2D eigenvalue weighted by molar-refractivity contribution is 5.96. The van der Waals surface area contributed by atoms with Crippen LogP contribution >= 0.6 is 0 Å². The average molecular weight is 392 g/mol. The molecule has 0 atom stereocenters. The predicted molar refractivity (Wildman–Crippen MR) is 112 cm³/mol. The number of hydrogen-bond donors (Lipinski definition) is 1. The highest BCUT2D eigenvalue weighted by atomic mass is 16.4. The third kappa shape index (κ3) is 4.46. The van der Waals surface area contributed by atoms with Crippen LogP contribution < -0.4 is 15.8 Å². The van der Waals surface area contributed by atoms with E-state index in [1.165, 1.54) is 0 Å². The number of nitrogens with one attached hydrogen (secondary N) is 1. The second-order valence-corrected chi connectivity index (χ2v) is 7.34. The van der Waals surface area contributed by atoms with E-state index < -0.39 is 11.5 Å². The van der Waals surface area contributed by atoms with Crippen LogP contribution in [0.25, 0.3) is 11.0 Å². The van der Waals surface area contributed by atoms with Crippen molar-refractivity contribution in [3.05, 3.63) is 70.2 Å². The van der Waals surface area contributed by atoms with Crippen LogP contribution in [0.5, 0.6) is 0 Å². The van der Waals surface area contributed by atoms with Gasteiger partial charge in [-0.05, 0) is 43.8 Å². The first kappa shape index (κ1) is 19.1. The van der Waals surface area contributed by atoms with Gasteiger partial charge in [-0.25, -0.2) is 9.78 Å². The molecule has 1 saturated heterocycles. The lowest BCUT2D eigenvalue weighted by atomic mass is 10.1. The lowest BCUT2D eigenvalue weighted by Crippen LogP contribution is -2.29. The van der Waals surface area contributed by atoms with E-state index in [1.54, 1.807) is 30.5 Å². The number of benzene rings is 1. The molecule has 150 valence electrons. The number of fused-ring (bicyclic) bond motifs is 1. The monoisotopic (exact) mass is 392 g/mol. The van der Waals surface area contributed by atoms with Crippen LogP contribution in [0.4, 0.5) is 5.82 Å². The molecule has 1 fully saturated rings. The van der Waals surface area contributed by atoms with Gasteiger partial charge < -0.3 is 19.5 Å². The molecule has 1 aliphatic heterocycles. The number of carbonyl (C=O) groups excluding carboxylic acids is 1. The molecule has 0 bridgehead atoms. The van der Waals surface area contributed by atoms with Crippen molar-refractivity contribution < 1.29 is 9.21 Å². The van der Waals surface area contributed by atoms with Gasteiger partial charge in [-0.3, -0.25) is 4.79 Å². The number of amides is 1. The molecule has 1 aliphatic rings. The minimum absolute atomic E-state index is 0.00182. The van der Waals surface area contributed by atoms with Crippen molar-refractivity contribution in [2.75, 3.05) is 38.1 Å². The van der Waals surface area contributed by atoms with E-state index in [0.717, 1.165) is 44.0 Å². The Labute approximate surface area is 169 Å². The van der Waals surface area contributed by atoms with Gasteiger partial charge in [-0.15, -0.1) is 0 Å². The maximum absolute atomic E-state index is 12.5. The smallest absolute Gasteiger partial charge is 0.349 e. The normalized spacial score (nSPS) is 15.3. The van der Waals surface area contributed by atoms with E-state index in [1.807, 2.05) is 18.2 Å². The summed E-state index contributed by atoms with van der Waals surface area (Å²) in [7, 11) is 2.14. The van der Waals surface area contributed by atoms with Crippen molar-refractivity contribution in [2.45, 2.75) is 13.0 Å². The zero-order valence-electron chi connectivity index (χ0n) is 16.4. The largest absolute Gasteiger partial charge is 0.422 e. The molecular formula is C22H24N4O3. The Kier molecular flexibility index (Phi) is 5.57. The highest BCUT2D eigenvalue weighted by Gasteiger charge is 2.15. The number of hydrogen-bond acceptors (Lipinski definition) is 6. The first-order valence-electron chi connectivity index (χ1n) is 9.80. The average Bonchev–Trinajstić information content (AvgIpc) is 2.96. The van der Waals surface area contributed by atoms with Crippen LogP contribution in [-0.4, -0.2) is 49.0 Å². The number of rotatable bonds is 4. The molecular weight excluding hydrogens is 368 g/mol. The molecule has 3 heterocycles. The van der Waals surface area contributed by atoms with Gasteiger partial charge in [0.1, 0.15) is 17.0 Å². The van der Waals surface area contributed by atoms with E-state index in [9.17, 15) is 9.59 Å². The van der Waals surface area contributed by atoms with Crippen molar-refractivity contribution in [1.29, 1.82) is 0 Å². The predicted octanol–water partition coefficient (Wildman–Crippen LogP) is 2.26. The van der Waals surface area contributed by atoms with E-state index >= 15 is 0 Å². The van der Waals surface area contributed by atoms with Gasteiger partial charge in [0.15, 0.2) is 0 Å². The van der Waals surface area contributed by atoms with Gasteiger partial charge in [0.25, 0.3) is 5.91 Å².